The zero-order chi connectivity index (χ0) is 20.0. The number of hydrogen-bond donors (Lipinski definition) is 1. The molecule has 0 unspecified atom stereocenters. The van der Waals surface area contributed by atoms with Crippen molar-refractivity contribution in [1.29, 1.82) is 0 Å². The van der Waals surface area contributed by atoms with Gasteiger partial charge in [-0.1, -0.05) is 41.9 Å². The topological polar surface area (TPSA) is 69.0 Å². The predicted octanol–water partition coefficient (Wildman–Crippen LogP) is 4.36. The number of ether oxygens (including phenoxy) is 1. The van der Waals surface area contributed by atoms with Gasteiger partial charge in [0.15, 0.2) is 5.78 Å². The summed E-state index contributed by atoms with van der Waals surface area (Å²) in [7, 11) is 1.65. The van der Waals surface area contributed by atoms with Crippen molar-refractivity contribution in [2.24, 2.45) is 0 Å². The Kier molecular flexibility index (Phi) is 4.36. The van der Waals surface area contributed by atoms with Crippen LogP contribution in [0.25, 0.3) is 0 Å². The number of benzene rings is 2. The van der Waals surface area contributed by atoms with Gasteiger partial charge in [0, 0.05) is 28.3 Å². The Morgan fingerprint density at radius 2 is 1.93 bits per heavy atom. The lowest BCUT2D eigenvalue weighted by Crippen LogP contribution is -2.33. The lowest BCUT2D eigenvalue weighted by molar-refractivity contribution is -0.116. The van der Waals surface area contributed by atoms with Gasteiger partial charge in [0.25, 0.3) is 0 Å². The summed E-state index contributed by atoms with van der Waals surface area (Å²) in [5.74, 6) is 1.63. The molecule has 1 aliphatic heterocycles. The zero-order valence-corrected chi connectivity index (χ0v) is 16.6. The molecule has 0 bridgehead atoms. The molecule has 0 fully saturated rings. The molecule has 6 nitrogen and oxygen atoms in total. The van der Waals surface area contributed by atoms with E-state index in [2.05, 4.69) is 15.4 Å². The summed E-state index contributed by atoms with van der Waals surface area (Å²) < 4.78 is 6.99. The van der Waals surface area contributed by atoms with Crippen molar-refractivity contribution in [2.45, 2.75) is 24.8 Å². The van der Waals surface area contributed by atoms with Crippen molar-refractivity contribution in [3.05, 3.63) is 82.3 Å². The van der Waals surface area contributed by atoms with E-state index in [1.54, 1.807) is 11.8 Å². The number of ketones is 1. The number of aromatic nitrogens is 3. The molecule has 2 aliphatic rings. The average molecular weight is 407 g/mol. The number of Topliss-reactive ketones (excluding diaryl/α,β-unsaturated/α-hetero) is 1. The number of rotatable bonds is 3. The first kappa shape index (κ1) is 17.9. The highest BCUT2D eigenvalue weighted by Gasteiger charge is 2.39. The number of halogens is 1. The highest BCUT2D eigenvalue weighted by Crippen LogP contribution is 2.45. The minimum Gasteiger partial charge on any atom is -0.497 e. The van der Waals surface area contributed by atoms with Crippen molar-refractivity contribution in [2.75, 3.05) is 12.4 Å². The van der Waals surface area contributed by atoms with Crippen LogP contribution in [0.15, 0.2) is 66.1 Å². The van der Waals surface area contributed by atoms with Crippen LogP contribution in [-0.4, -0.2) is 27.7 Å². The third kappa shape index (κ3) is 3.00. The zero-order valence-electron chi connectivity index (χ0n) is 15.8. The SMILES string of the molecule is COc1ccc([C@@H]2CC(=O)C3=C(C2)Nc2ncnn2[C@H]3c2ccccc2Cl)cc1. The van der Waals surface area contributed by atoms with Crippen LogP contribution < -0.4 is 10.1 Å². The van der Waals surface area contributed by atoms with E-state index in [0.717, 1.165) is 34.6 Å². The van der Waals surface area contributed by atoms with Crippen molar-refractivity contribution < 1.29 is 9.53 Å². The molecule has 146 valence electrons. The summed E-state index contributed by atoms with van der Waals surface area (Å²) in [5.41, 5.74) is 3.59. The van der Waals surface area contributed by atoms with Gasteiger partial charge >= 0.3 is 0 Å². The molecule has 2 aromatic carbocycles. The van der Waals surface area contributed by atoms with E-state index in [0.29, 0.717) is 17.4 Å². The van der Waals surface area contributed by atoms with E-state index in [1.807, 2.05) is 48.5 Å². The second kappa shape index (κ2) is 7.04. The van der Waals surface area contributed by atoms with E-state index >= 15 is 0 Å². The quantitative estimate of drug-likeness (QED) is 0.700. The fourth-order valence-electron chi connectivity index (χ4n) is 4.25. The fraction of sp³-hybridized carbons (Fsp3) is 0.227. The van der Waals surface area contributed by atoms with Crippen LogP contribution in [0.2, 0.25) is 5.02 Å². The maximum atomic E-state index is 13.3. The molecule has 5 rings (SSSR count). The van der Waals surface area contributed by atoms with Gasteiger partial charge in [0.1, 0.15) is 18.1 Å². The van der Waals surface area contributed by atoms with Crippen LogP contribution in [0.1, 0.15) is 35.9 Å². The van der Waals surface area contributed by atoms with Crippen LogP contribution in [0.5, 0.6) is 5.75 Å². The van der Waals surface area contributed by atoms with Crippen LogP contribution >= 0.6 is 11.6 Å². The number of allylic oxidation sites excluding steroid dienone is 2. The standard InChI is InChI=1S/C22H19ClN4O2/c1-29-15-8-6-13(7-9-15)14-10-18-20(19(28)11-14)21(16-4-2-3-5-17(16)23)27-22(26-18)24-12-25-27/h2-9,12,14,21H,10-11H2,1H3,(H,24,25,26)/t14-,21-/m0/s1. The van der Waals surface area contributed by atoms with Crippen LogP contribution in [0.4, 0.5) is 5.95 Å². The Bertz CT molecular complexity index is 1120. The lowest BCUT2D eigenvalue weighted by atomic mass is 9.78. The lowest BCUT2D eigenvalue weighted by Gasteiger charge is -2.35. The molecular formula is C22H19ClN4O2. The van der Waals surface area contributed by atoms with Gasteiger partial charge in [-0.2, -0.15) is 10.1 Å². The third-order valence-corrected chi connectivity index (χ3v) is 5.99. The van der Waals surface area contributed by atoms with Gasteiger partial charge in [-0.05, 0) is 36.1 Å². The molecule has 0 amide bonds. The van der Waals surface area contributed by atoms with Crippen LogP contribution in [0, 0.1) is 0 Å². The van der Waals surface area contributed by atoms with Gasteiger partial charge in [-0.25, -0.2) is 4.68 Å². The van der Waals surface area contributed by atoms with E-state index in [1.165, 1.54) is 6.33 Å². The summed E-state index contributed by atoms with van der Waals surface area (Å²) in [6.45, 7) is 0. The van der Waals surface area contributed by atoms with Gasteiger partial charge in [0.2, 0.25) is 5.95 Å². The van der Waals surface area contributed by atoms with E-state index < -0.39 is 0 Å². The summed E-state index contributed by atoms with van der Waals surface area (Å²) >= 11 is 6.50. The van der Waals surface area contributed by atoms with Crippen LogP contribution in [-0.2, 0) is 4.79 Å². The molecule has 2 heterocycles. The normalized spacial score (nSPS) is 20.7. The summed E-state index contributed by atoms with van der Waals surface area (Å²) in [4.78, 5) is 17.7. The number of nitrogens with one attached hydrogen (secondary N) is 1. The minimum atomic E-state index is -0.373. The first-order valence-electron chi connectivity index (χ1n) is 9.47. The first-order chi connectivity index (χ1) is 14.2. The molecule has 7 heteroatoms. The summed E-state index contributed by atoms with van der Waals surface area (Å²) in [6, 6.07) is 15.1. The average Bonchev–Trinajstić information content (AvgIpc) is 3.21. The van der Waals surface area contributed by atoms with Crippen molar-refractivity contribution in [3.8, 4) is 5.75 Å². The Hall–Kier alpha value is -3.12. The number of hydrogen-bond acceptors (Lipinski definition) is 5. The second-order valence-electron chi connectivity index (χ2n) is 7.27. The number of nitrogens with zero attached hydrogens (tertiary/aromatic N) is 3. The van der Waals surface area contributed by atoms with Crippen LogP contribution in [0.3, 0.4) is 0 Å². The molecule has 29 heavy (non-hydrogen) atoms. The number of carbonyl (C=O) groups excluding carboxylic acids is 1. The molecule has 1 aromatic heterocycles. The van der Waals surface area contributed by atoms with Crippen molar-refractivity contribution in [1.82, 2.24) is 14.8 Å². The van der Waals surface area contributed by atoms with Gasteiger partial charge < -0.3 is 10.1 Å². The predicted molar refractivity (Wildman–Crippen MR) is 110 cm³/mol. The largest absolute Gasteiger partial charge is 0.497 e. The molecule has 0 saturated heterocycles. The number of methoxy groups -OCH3 is 1. The number of anilines is 1. The van der Waals surface area contributed by atoms with Gasteiger partial charge in [-0.15, -0.1) is 0 Å². The smallest absolute Gasteiger partial charge is 0.226 e. The van der Waals surface area contributed by atoms with Crippen molar-refractivity contribution >= 4 is 23.3 Å². The molecule has 0 radical (unpaired) electrons. The molecule has 0 saturated carbocycles. The first-order valence-corrected chi connectivity index (χ1v) is 9.84. The highest BCUT2D eigenvalue weighted by molar-refractivity contribution is 6.31. The van der Waals surface area contributed by atoms with Gasteiger partial charge in [0.05, 0.1) is 7.11 Å². The second-order valence-corrected chi connectivity index (χ2v) is 7.68. The van der Waals surface area contributed by atoms with E-state index in [4.69, 9.17) is 16.3 Å². The number of fused-ring (bicyclic) bond motifs is 1. The number of carbonyl (C=O) groups is 1. The molecule has 0 spiro atoms. The molecule has 1 aliphatic carbocycles. The monoisotopic (exact) mass is 406 g/mol. The fourth-order valence-corrected chi connectivity index (χ4v) is 4.49. The Balaban J connectivity index is 1.57. The minimum absolute atomic E-state index is 0.0982. The maximum absolute atomic E-state index is 13.3. The maximum Gasteiger partial charge on any atom is 0.226 e. The Morgan fingerprint density at radius 1 is 1.14 bits per heavy atom. The Labute approximate surface area is 173 Å². The summed E-state index contributed by atoms with van der Waals surface area (Å²) in [5, 5.41) is 8.30. The molecule has 3 aromatic rings. The molecule has 2 atom stereocenters. The summed E-state index contributed by atoms with van der Waals surface area (Å²) in [6.07, 6.45) is 2.66. The van der Waals surface area contributed by atoms with E-state index in [-0.39, 0.29) is 17.7 Å². The Morgan fingerprint density at radius 3 is 2.69 bits per heavy atom. The van der Waals surface area contributed by atoms with Gasteiger partial charge in [-0.3, -0.25) is 4.79 Å². The van der Waals surface area contributed by atoms with E-state index in [9.17, 15) is 4.79 Å². The molecule has 1 N–H and O–H groups in total. The van der Waals surface area contributed by atoms with Crippen molar-refractivity contribution in [3.63, 3.8) is 0 Å². The third-order valence-electron chi connectivity index (χ3n) is 5.65. The highest BCUT2D eigenvalue weighted by atomic mass is 35.5. The molecular weight excluding hydrogens is 388 g/mol.